The molecule has 2 aromatic rings. The molecule has 2 atom stereocenters. The van der Waals surface area contributed by atoms with Crippen LogP contribution in [0.1, 0.15) is 46.1 Å². The maximum Gasteiger partial charge on any atom is 0.120 e. The van der Waals surface area contributed by atoms with Crippen LogP contribution in [0.15, 0.2) is 36.4 Å². The minimum Gasteiger partial charge on any atom is -0.746 e. The Morgan fingerprint density at radius 3 is 2.50 bits per heavy atom. The van der Waals surface area contributed by atoms with Crippen LogP contribution in [0.5, 0.6) is 0 Å². The second-order valence-corrected chi connectivity index (χ2v) is 8.75. The molecule has 24 heavy (non-hydrogen) atoms. The fourth-order valence-electron chi connectivity index (χ4n) is 3.99. The van der Waals surface area contributed by atoms with Crippen molar-refractivity contribution < 1.29 is 13.0 Å². The number of hydrogen-bond acceptors (Lipinski definition) is 4. The smallest absolute Gasteiger partial charge is 0.120 e. The van der Waals surface area contributed by atoms with Crippen LogP contribution in [0, 0.1) is 0 Å². The highest BCUT2D eigenvalue weighted by molar-refractivity contribution is 7.86. The van der Waals surface area contributed by atoms with Crippen molar-refractivity contribution >= 4 is 26.6 Å². The Kier molecular flexibility index (Phi) is 4.12. The van der Waals surface area contributed by atoms with E-state index in [-0.39, 0.29) is 11.5 Å². The summed E-state index contributed by atoms with van der Waals surface area (Å²) >= 11 is 0. The summed E-state index contributed by atoms with van der Waals surface area (Å²) in [5.41, 5.74) is 1.77. The van der Waals surface area contributed by atoms with Crippen LogP contribution in [0.2, 0.25) is 0 Å². The van der Waals surface area contributed by atoms with Crippen LogP contribution < -0.4 is 4.90 Å². The van der Waals surface area contributed by atoms with E-state index >= 15 is 0 Å². The maximum atomic E-state index is 11.9. The van der Waals surface area contributed by atoms with Crippen LogP contribution in [-0.4, -0.2) is 24.4 Å². The largest absolute Gasteiger partial charge is 0.746 e. The molecule has 130 valence electrons. The molecule has 5 heteroatoms. The van der Waals surface area contributed by atoms with Crippen LogP contribution >= 0.6 is 0 Å². The molecular weight excluding hydrogens is 322 g/mol. The Balaban J connectivity index is 2.28. The topological polar surface area (TPSA) is 60.4 Å². The molecule has 0 bridgehead atoms. The highest BCUT2D eigenvalue weighted by Gasteiger charge is 2.46. The Morgan fingerprint density at radius 1 is 1.21 bits per heavy atom. The first kappa shape index (κ1) is 17.2. The lowest BCUT2D eigenvalue weighted by atomic mass is 9.79. The predicted molar refractivity (Wildman–Crippen MR) is 97.3 cm³/mol. The third-order valence-electron chi connectivity index (χ3n) is 5.47. The average molecular weight is 346 g/mol. The van der Waals surface area contributed by atoms with Gasteiger partial charge in [-0.15, -0.1) is 0 Å². The summed E-state index contributed by atoms with van der Waals surface area (Å²) in [5.74, 6) is 0. The van der Waals surface area contributed by atoms with Gasteiger partial charge in [0.2, 0.25) is 0 Å². The van der Waals surface area contributed by atoms with Crippen molar-refractivity contribution in [2.24, 2.45) is 0 Å². The van der Waals surface area contributed by atoms with E-state index in [1.54, 1.807) is 0 Å². The van der Waals surface area contributed by atoms with Gasteiger partial charge in [0.05, 0.1) is 0 Å². The first-order chi connectivity index (χ1) is 11.2. The lowest BCUT2D eigenvalue weighted by Crippen LogP contribution is -2.48. The van der Waals surface area contributed by atoms with Crippen molar-refractivity contribution in [1.29, 1.82) is 0 Å². The average Bonchev–Trinajstić information content (AvgIpc) is 2.71. The number of anilines is 1. The quantitative estimate of drug-likeness (QED) is 0.785. The highest BCUT2D eigenvalue weighted by Crippen LogP contribution is 2.50. The van der Waals surface area contributed by atoms with E-state index in [2.05, 4.69) is 26.0 Å². The van der Waals surface area contributed by atoms with E-state index < -0.39 is 15.5 Å². The molecule has 0 fully saturated rings. The Labute approximate surface area is 144 Å². The predicted octanol–water partition coefficient (Wildman–Crippen LogP) is 4.00. The summed E-state index contributed by atoms with van der Waals surface area (Å²) in [5, 5.41) is 1.25. The van der Waals surface area contributed by atoms with Gasteiger partial charge in [-0.1, -0.05) is 57.5 Å². The van der Waals surface area contributed by atoms with Crippen LogP contribution in [-0.2, 0) is 15.5 Å². The van der Waals surface area contributed by atoms with Crippen molar-refractivity contribution in [1.82, 2.24) is 0 Å². The molecule has 0 aromatic heterocycles. The molecule has 2 unspecified atom stereocenters. The molecule has 0 saturated heterocycles. The van der Waals surface area contributed by atoms with Crippen molar-refractivity contribution in [3.63, 3.8) is 0 Å². The molecule has 1 aliphatic rings. The van der Waals surface area contributed by atoms with Gasteiger partial charge in [-0.2, -0.15) is 0 Å². The third kappa shape index (κ3) is 2.50. The monoisotopic (exact) mass is 346 g/mol. The van der Waals surface area contributed by atoms with E-state index in [0.717, 1.165) is 22.0 Å². The zero-order valence-corrected chi connectivity index (χ0v) is 15.4. The first-order valence-corrected chi connectivity index (χ1v) is 9.92. The molecular formula is C19H24NO3S-. The molecule has 2 aromatic carbocycles. The molecule has 1 aliphatic heterocycles. The van der Waals surface area contributed by atoms with Gasteiger partial charge in [-0.3, -0.25) is 0 Å². The van der Waals surface area contributed by atoms with Crippen molar-refractivity contribution in [3.05, 3.63) is 42.0 Å². The normalized spacial score (nSPS) is 21.0. The van der Waals surface area contributed by atoms with Gasteiger partial charge >= 0.3 is 0 Å². The van der Waals surface area contributed by atoms with E-state index in [4.69, 9.17) is 0 Å². The molecule has 0 radical (unpaired) electrons. The lowest BCUT2D eigenvalue weighted by Gasteiger charge is -2.38. The third-order valence-corrected chi connectivity index (χ3v) is 6.60. The van der Waals surface area contributed by atoms with Gasteiger partial charge in [0.1, 0.15) is 15.5 Å². The van der Waals surface area contributed by atoms with E-state index in [9.17, 15) is 13.0 Å². The highest BCUT2D eigenvalue weighted by atomic mass is 32.2. The van der Waals surface area contributed by atoms with Gasteiger partial charge < -0.3 is 9.45 Å². The SMILES string of the molecule is CCCC(N1c2ccc3ccccc3c2C(C)(C)C1C)S(=O)(=O)[O-]. The van der Waals surface area contributed by atoms with Crippen molar-refractivity contribution in [3.8, 4) is 0 Å². The molecule has 4 nitrogen and oxygen atoms in total. The summed E-state index contributed by atoms with van der Waals surface area (Å²) in [4.78, 5) is 1.84. The number of fused-ring (bicyclic) bond motifs is 3. The Bertz CT molecular complexity index is 873. The summed E-state index contributed by atoms with van der Waals surface area (Å²) < 4.78 is 35.8. The van der Waals surface area contributed by atoms with E-state index in [0.29, 0.717) is 12.8 Å². The fourth-order valence-corrected chi connectivity index (χ4v) is 5.09. The van der Waals surface area contributed by atoms with Gasteiger partial charge in [-0.25, -0.2) is 8.42 Å². The van der Waals surface area contributed by atoms with Gasteiger partial charge in [-0.05, 0) is 35.7 Å². The van der Waals surface area contributed by atoms with Gasteiger partial charge in [0.15, 0.2) is 0 Å². The van der Waals surface area contributed by atoms with Crippen LogP contribution in [0.25, 0.3) is 10.8 Å². The van der Waals surface area contributed by atoms with Crippen molar-refractivity contribution in [2.75, 3.05) is 4.90 Å². The second-order valence-electron chi connectivity index (χ2n) is 7.22. The standard InChI is InChI=1S/C19H25NO3S/c1-5-8-17(24(21,22)23)20-13(2)19(3,4)18-15-10-7-6-9-14(15)11-12-16(18)20/h6-7,9-13,17H,5,8H2,1-4H3,(H,21,22,23)/p-1. The molecule has 0 N–H and O–H groups in total. The molecule has 1 heterocycles. The minimum atomic E-state index is -4.41. The minimum absolute atomic E-state index is 0.0708. The molecule has 0 amide bonds. The molecule has 0 aliphatic carbocycles. The summed E-state index contributed by atoms with van der Waals surface area (Å²) in [6, 6.07) is 12.0. The van der Waals surface area contributed by atoms with Crippen LogP contribution in [0.3, 0.4) is 0 Å². The summed E-state index contributed by atoms with van der Waals surface area (Å²) in [6.45, 7) is 8.18. The molecule has 0 spiro atoms. The number of rotatable bonds is 4. The number of benzene rings is 2. The second kappa shape index (κ2) is 5.74. The Hall–Kier alpha value is -1.59. The zero-order chi connectivity index (χ0) is 17.7. The zero-order valence-electron chi connectivity index (χ0n) is 14.6. The fraction of sp³-hybridized carbons (Fsp3) is 0.474. The maximum absolute atomic E-state index is 11.9. The van der Waals surface area contributed by atoms with Crippen LogP contribution in [0.4, 0.5) is 5.69 Å². The van der Waals surface area contributed by atoms with Gasteiger partial charge in [0.25, 0.3) is 0 Å². The summed E-state index contributed by atoms with van der Waals surface area (Å²) in [6.07, 6.45) is 0.997. The molecule has 0 saturated carbocycles. The Morgan fingerprint density at radius 2 is 1.88 bits per heavy atom. The summed E-state index contributed by atoms with van der Waals surface area (Å²) in [7, 11) is -4.41. The number of nitrogens with zero attached hydrogens (tertiary/aromatic N) is 1. The van der Waals surface area contributed by atoms with Gasteiger partial charge in [0, 0.05) is 17.1 Å². The van der Waals surface area contributed by atoms with E-state index in [1.165, 1.54) is 0 Å². The van der Waals surface area contributed by atoms with E-state index in [1.807, 2.05) is 43.0 Å². The lowest BCUT2D eigenvalue weighted by molar-refractivity contribution is 0.401. The molecule has 3 rings (SSSR count). The van der Waals surface area contributed by atoms with Crippen molar-refractivity contribution in [2.45, 2.75) is 57.4 Å². The first-order valence-electron chi connectivity index (χ1n) is 8.45. The number of hydrogen-bond donors (Lipinski definition) is 0.